The molecular formula is C15H13F2N3. The molecule has 0 aliphatic heterocycles. The van der Waals surface area contributed by atoms with Crippen LogP contribution in [0.15, 0.2) is 36.4 Å². The van der Waals surface area contributed by atoms with Gasteiger partial charge in [0.1, 0.15) is 17.5 Å². The average Bonchev–Trinajstić information content (AvgIpc) is 2.76. The van der Waals surface area contributed by atoms with Crippen LogP contribution in [0.2, 0.25) is 0 Å². The van der Waals surface area contributed by atoms with Crippen molar-refractivity contribution in [1.82, 2.24) is 9.55 Å². The summed E-state index contributed by atoms with van der Waals surface area (Å²) in [4.78, 5) is 4.45. The number of hydrogen-bond donors (Lipinski definition) is 1. The lowest BCUT2D eigenvalue weighted by Crippen LogP contribution is -2.03. The number of halogens is 2. The summed E-state index contributed by atoms with van der Waals surface area (Å²) in [6, 6.07) is 8.80. The Labute approximate surface area is 114 Å². The van der Waals surface area contributed by atoms with Crippen LogP contribution in [-0.4, -0.2) is 9.55 Å². The van der Waals surface area contributed by atoms with Gasteiger partial charge in [-0.3, -0.25) is 4.57 Å². The summed E-state index contributed by atoms with van der Waals surface area (Å²) >= 11 is 0. The molecule has 102 valence electrons. The molecule has 2 aromatic carbocycles. The minimum atomic E-state index is -0.615. The molecule has 3 rings (SSSR count). The summed E-state index contributed by atoms with van der Waals surface area (Å²) in [5, 5.41) is 0. The highest BCUT2D eigenvalue weighted by atomic mass is 19.1. The molecule has 0 atom stereocenters. The van der Waals surface area contributed by atoms with E-state index in [2.05, 4.69) is 4.98 Å². The van der Waals surface area contributed by atoms with Gasteiger partial charge in [0.15, 0.2) is 0 Å². The van der Waals surface area contributed by atoms with Crippen LogP contribution in [-0.2, 0) is 6.42 Å². The lowest BCUT2D eigenvalue weighted by atomic mass is 10.2. The Balaban J connectivity index is 2.34. The highest BCUT2D eigenvalue weighted by Crippen LogP contribution is 2.25. The number of anilines is 1. The van der Waals surface area contributed by atoms with E-state index in [9.17, 15) is 8.78 Å². The number of nitrogens with two attached hydrogens (primary N) is 1. The average molecular weight is 273 g/mol. The SMILES string of the molecule is CCc1nc2cc(N)ccc2n1-c1ccc(F)cc1F. The first-order valence-corrected chi connectivity index (χ1v) is 6.32. The smallest absolute Gasteiger partial charge is 0.150 e. The maximum atomic E-state index is 14.0. The molecular weight excluding hydrogens is 260 g/mol. The van der Waals surface area contributed by atoms with E-state index < -0.39 is 11.6 Å². The maximum Gasteiger partial charge on any atom is 0.150 e. The zero-order valence-corrected chi connectivity index (χ0v) is 10.9. The zero-order valence-electron chi connectivity index (χ0n) is 10.9. The summed E-state index contributed by atoms with van der Waals surface area (Å²) in [5.41, 5.74) is 8.08. The molecule has 0 amide bonds. The maximum absolute atomic E-state index is 14.0. The summed E-state index contributed by atoms with van der Waals surface area (Å²) < 4.78 is 28.8. The van der Waals surface area contributed by atoms with Crippen molar-refractivity contribution in [2.75, 3.05) is 5.73 Å². The van der Waals surface area contributed by atoms with Crippen LogP contribution in [0.3, 0.4) is 0 Å². The Morgan fingerprint density at radius 3 is 2.65 bits per heavy atom. The van der Waals surface area contributed by atoms with Crippen LogP contribution in [0, 0.1) is 11.6 Å². The molecule has 0 fully saturated rings. The standard InChI is InChI=1S/C15H13F2N3/c1-2-15-19-12-8-10(18)4-6-14(12)20(15)13-5-3-9(16)7-11(13)17/h3-8H,2,18H2,1H3. The van der Waals surface area contributed by atoms with E-state index in [1.807, 2.05) is 6.92 Å². The second-order valence-electron chi connectivity index (χ2n) is 4.56. The number of nitrogens with zero attached hydrogens (tertiary/aromatic N) is 2. The van der Waals surface area contributed by atoms with Gasteiger partial charge in [-0.05, 0) is 30.3 Å². The second kappa shape index (κ2) is 4.59. The van der Waals surface area contributed by atoms with E-state index in [1.54, 1.807) is 22.8 Å². The van der Waals surface area contributed by atoms with Crippen molar-refractivity contribution in [2.24, 2.45) is 0 Å². The molecule has 3 nitrogen and oxygen atoms in total. The van der Waals surface area contributed by atoms with Crippen LogP contribution in [0.1, 0.15) is 12.7 Å². The molecule has 1 aromatic heterocycles. The molecule has 0 saturated heterocycles. The van der Waals surface area contributed by atoms with Gasteiger partial charge in [-0.25, -0.2) is 13.8 Å². The third kappa shape index (κ3) is 1.91. The first kappa shape index (κ1) is 12.6. The van der Waals surface area contributed by atoms with Gasteiger partial charge < -0.3 is 5.73 Å². The van der Waals surface area contributed by atoms with Gasteiger partial charge >= 0.3 is 0 Å². The van der Waals surface area contributed by atoms with Crippen molar-refractivity contribution < 1.29 is 8.78 Å². The first-order chi connectivity index (χ1) is 9.60. The second-order valence-corrected chi connectivity index (χ2v) is 4.56. The Bertz CT molecular complexity index is 793. The van der Waals surface area contributed by atoms with Crippen molar-refractivity contribution in [1.29, 1.82) is 0 Å². The van der Waals surface area contributed by atoms with Crippen LogP contribution in [0.4, 0.5) is 14.5 Å². The zero-order chi connectivity index (χ0) is 14.3. The monoisotopic (exact) mass is 273 g/mol. The van der Waals surface area contributed by atoms with Crippen LogP contribution >= 0.6 is 0 Å². The molecule has 0 aliphatic carbocycles. The van der Waals surface area contributed by atoms with E-state index in [0.29, 0.717) is 23.4 Å². The first-order valence-electron chi connectivity index (χ1n) is 6.32. The van der Waals surface area contributed by atoms with Crippen molar-refractivity contribution in [3.63, 3.8) is 0 Å². The van der Waals surface area contributed by atoms with Gasteiger partial charge in [-0.1, -0.05) is 6.92 Å². The summed E-state index contributed by atoms with van der Waals surface area (Å²) in [7, 11) is 0. The lowest BCUT2D eigenvalue weighted by molar-refractivity contribution is 0.577. The normalized spacial score (nSPS) is 11.2. The molecule has 1 heterocycles. The molecule has 3 aromatic rings. The van der Waals surface area contributed by atoms with Gasteiger partial charge in [0.2, 0.25) is 0 Å². The quantitative estimate of drug-likeness (QED) is 0.727. The third-order valence-corrected chi connectivity index (χ3v) is 3.21. The Morgan fingerprint density at radius 2 is 1.95 bits per heavy atom. The third-order valence-electron chi connectivity index (χ3n) is 3.21. The topological polar surface area (TPSA) is 43.8 Å². The summed E-state index contributed by atoms with van der Waals surface area (Å²) in [6.07, 6.45) is 0.630. The molecule has 0 unspecified atom stereocenters. The number of aromatic nitrogens is 2. The molecule has 0 spiro atoms. The number of fused-ring (bicyclic) bond motifs is 1. The fourth-order valence-electron chi connectivity index (χ4n) is 2.32. The lowest BCUT2D eigenvalue weighted by Gasteiger charge is -2.09. The van der Waals surface area contributed by atoms with Gasteiger partial charge in [0, 0.05) is 18.2 Å². The Morgan fingerprint density at radius 1 is 1.15 bits per heavy atom. The van der Waals surface area contributed by atoms with Crippen LogP contribution < -0.4 is 5.73 Å². The number of rotatable bonds is 2. The fourth-order valence-corrected chi connectivity index (χ4v) is 2.32. The van der Waals surface area contributed by atoms with Crippen LogP contribution in [0.5, 0.6) is 0 Å². The van der Waals surface area contributed by atoms with E-state index >= 15 is 0 Å². The predicted octanol–water partition coefficient (Wildman–Crippen LogP) is 3.45. The van der Waals surface area contributed by atoms with Crippen molar-refractivity contribution in [2.45, 2.75) is 13.3 Å². The molecule has 0 bridgehead atoms. The number of nitrogen functional groups attached to an aromatic ring is 1. The molecule has 0 aliphatic rings. The van der Waals surface area contributed by atoms with Gasteiger partial charge in [-0.15, -0.1) is 0 Å². The van der Waals surface area contributed by atoms with Crippen molar-refractivity contribution in [3.8, 4) is 5.69 Å². The summed E-state index contributed by atoms with van der Waals surface area (Å²) in [5.74, 6) is -0.509. The van der Waals surface area contributed by atoms with E-state index in [4.69, 9.17) is 5.73 Å². The predicted molar refractivity (Wildman–Crippen MR) is 74.8 cm³/mol. The highest BCUT2D eigenvalue weighted by Gasteiger charge is 2.14. The van der Waals surface area contributed by atoms with Crippen molar-refractivity contribution in [3.05, 3.63) is 53.9 Å². The van der Waals surface area contributed by atoms with Crippen LogP contribution in [0.25, 0.3) is 16.7 Å². The number of hydrogen-bond acceptors (Lipinski definition) is 2. The molecule has 20 heavy (non-hydrogen) atoms. The van der Waals surface area contributed by atoms with E-state index in [0.717, 1.165) is 11.6 Å². The summed E-state index contributed by atoms with van der Waals surface area (Å²) in [6.45, 7) is 1.93. The number of benzene rings is 2. The molecule has 0 radical (unpaired) electrons. The largest absolute Gasteiger partial charge is 0.399 e. The van der Waals surface area contributed by atoms with Gasteiger partial charge in [0.25, 0.3) is 0 Å². The number of aryl methyl sites for hydroxylation is 1. The minimum Gasteiger partial charge on any atom is -0.399 e. The van der Waals surface area contributed by atoms with Crippen molar-refractivity contribution >= 4 is 16.7 Å². The Hall–Kier alpha value is -2.43. The van der Waals surface area contributed by atoms with Gasteiger partial charge in [-0.2, -0.15) is 0 Å². The highest BCUT2D eigenvalue weighted by molar-refractivity contribution is 5.81. The Kier molecular flexibility index (Phi) is 2.89. The fraction of sp³-hybridized carbons (Fsp3) is 0.133. The molecule has 2 N–H and O–H groups in total. The van der Waals surface area contributed by atoms with E-state index in [1.165, 1.54) is 12.1 Å². The van der Waals surface area contributed by atoms with E-state index in [-0.39, 0.29) is 5.69 Å². The minimum absolute atomic E-state index is 0.288. The van der Waals surface area contributed by atoms with Gasteiger partial charge in [0.05, 0.1) is 16.7 Å². The number of imidazole rings is 1. The molecule has 5 heteroatoms. The molecule has 0 saturated carbocycles.